The highest BCUT2D eigenvalue weighted by Gasteiger charge is 2.12. The van der Waals surface area contributed by atoms with E-state index in [-0.39, 0.29) is 0 Å². The molecule has 1 aromatic carbocycles. The van der Waals surface area contributed by atoms with Gasteiger partial charge in [-0.15, -0.1) is 10.2 Å². The van der Waals surface area contributed by atoms with Gasteiger partial charge in [0.05, 0.1) is 0 Å². The molecule has 3 N–H and O–H groups in total. The minimum atomic E-state index is -4.94. The third-order valence-corrected chi connectivity index (χ3v) is 2.49. The molecule has 0 aromatic heterocycles. The van der Waals surface area contributed by atoms with Crippen LogP contribution in [0.4, 0.5) is 5.69 Å². The molecule has 0 fully saturated rings. The normalized spacial score (nSPS) is 11.5. The highest BCUT2D eigenvalue weighted by Crippen LogP contribution is 2.27. The van der Waals surface area contributed by atoms with Crippen molar-refractivity contribution in [3.05, 3.63) is 29.3 Å². The van der Waals surface area contributed by atoms with Crippen molar-refractivity contribution in [1.82, 2.24) is 0 Å². The Kier molecular flexibility index (Phi) is 6.77. The van der Waals surface area contributed by atoms with Crippen LogP contribution in [0.25, 0.3) is 0 Å². The van der Waals surface area contributed by atoms with E-state index in [1.165, 1.54) is 16.8 Å². The number of hydrogen-bond donors (Lipinski definition) is 1. The minimum absolute atomic E-state index is 0.575. The third-order valence-electron chi connectivity index (χ3n) is 2.49. The quantitative estimate of drug-likeness (QED) is 0.675. The van der Waals surface area contributed by atoms with Crippen molar-refractivity contribution in [2.45, 2.75) is 39.5 Å². The monoisotopic (exact) mass is 277 g/mol. The van der Waals surface area contributed by atoms with Gasteiger partial charge in [0.25, 0.3) is 0 Å². The molecule has 6 heteroatoms. The zero-order valence-electron chi connectivity index (χ0n) is 11.1. The molecule has 18 heavy (non-hydrogen) atoms. The highest BCUT2D eigenvalue weighted by molar-refractivity contribution is 5.49. The van der Waals surface area contributed by atoms with Crippen LogP contribution in [0.2, 0.25) is 0 Å². The van der Waals surface area contributed by atoms with Crippen molar-refractivity contribution in [2.75, 3.05) is 0 Å². The van der Waals surface area contributed by atoms with E-state index in [1.54, 1.807) is 0 Å². The molecule has 1 rings (SSSR count). The number of quaternary nitrogens is 1. The van der Waals surface area contributed by atoms with Crippen LogP contribution in [0.15, 0.2) is 18.2 Å². The van der Waals surface area contributed by atoms with Gasteiger partial charge in [-0.3, -0.25) is 0 Å². The van der Waals surface area contributed by atoms with E-state index < -0.39 is 10.2 Å². The topological polar surface area (TPSA) is 120 Å². The smallest absolute Gasteiger partial charge is 0.134 e. The van der Waals surface area contributed by atoms with Crippen molar-refractivity contribution in [3.63, 3.8) is 0 Å². The molecule has 0 saturated carbocycles. The highest BCUT2D eigenvalue weighted by atomic mass is 35.7. The molecule has 0 aliphatic carbocycles. The summed E-state index contributed by atoms with van der Waals surface area (Å²) < 4.78 is 34.0. The number of halogens is 1. The van der Waals surface area contributed by atoms with Gasteiger partial charge in [-0.2, -0.15) is 0 Å². The molecule has 0 radical (unpaired) electrons. The maximum absolute atomic E-state index is 8.49. The summed E-state index contributed by atoms with van der Waals surface area (Å²) in [5, 5.41) is 0. The molecule has 0 atom stereocenters. The number of hydrogen-bond acceptors (Lipinski definition) is 4. The van der Waals surface area contributed by atoms with Crippen LogP contribution >= 0.6 is 0 Å². The van der Waals surface area contributed by atoms with E-state index in [0.29, 0.717) is 11.8 Å². The molecule has 0 spiro atoms. The number of benzene rings is 1. The summed E-state index contributed by atoms with van der Waals surface area (Å²) >= 11 is 0. The molecule has 0 amide bonds. The van der Waals surface area contributed by atoms with Crippen molar-refractivity contribution >= 4 is 5.69 Å². The first-order valence-corrected chi connectivity index (χ1v) is 6.84. The maximum atomic E-state index is 8.49. The van der Waals surface area contributed by atoms with Gasteiger partial charge in [0, 0.05) is 11.1 Å². The fourth-order valence-corrected chi connectivity index (χ4v) is 1.71. The predicted molar refractivity (Wildman–Crippen MR) is 57.2 cm³/mol. The van der Waals surface area contributed by atoms with Crippen LogP contribution in [0.5, 0.6) is 0 Å². The molecule has 0 bridgehead atoms. The Labute approximate surface area is 110 Å². The predicted octanol–water partition coefficient (Wildman–Crippen LogP) is -1.95. The van der Waals surface area contributed by atoms with E-state index >= 15 is 0 Å². The van der Waals surface area contributed by atoms with Crippen LogP contribution in [0, 0.1) is 10.2 Å². The Balaban J connectivity index is 0.000000494. The van der Waals surface area contributed by atoms with Gasteiger partial charge in [-0.1, -0.05) is 45.9 Å². The Morgan fingerprint density at radius 1 is 0.889 bits per heavy atom. The molecule has 0 saturated heterocycles. The molecular formula is C12H20ClNO4. The van der Waals surface area contributed by atoms with Crippen molar-refractivity contribution < 1.29 is 34.6 Å². The van der Waals surface area contributed by atoms with E-state index in [4.69, 9.17) is 18.6 Å². The summed E-state index contributed by atoms with van der Waals surface area (Å²) in [5.41, 5.74) is 8.15. The van der Waals surface area contributed by atoms with Gasteiger partial charge in [-0.25, -0.2) is 18.6 Å². The first-order valence-electron chi connectivity index (χ1n) is 5.60. The summed E-state index contributed by atoms with van der Waals surface area (Å²) in [4.78, 5) is 0. The molecular weight excluding hydrogens is 258 g/mol. The Hall–Kier alpha value is -0.690. The zero-order valence-corrected chi connectivity index (χ0v) is 11.9. The van der Waals surface area contributed by atoms with Gasteiger partial charge in [0.15, 0.2) is 0 Å². The second-order valence-electron chi connectivity index (χ2n) is 4.60. The minimum Gasteiger partial charge on any atom is -0.325 e. The average Bonchev–Trinajstić information content (AvgIpc) is 2.14. The molecule has 0 unspecified atom stereocenters. The summed E-state index contributed by atoms with van der Waals surface area (Å²) in [6.45, 7) is 8.87. The Morgan fingerprint density at radius 3 is 1.39 bits per heavy atom. The lowest BCUT2D eigenvalue weighted by Gasteiger charge is -2.17. The molecule has 104 valence electrons. The van der Waals surface area contributed by atoms with E-state index in [9.17, 15) is 0 Å². The standard InChI is InChI=1S/C12H19N.ClHO4/c1-8(2)10-6-5-7-11(9(3)4)12(10)13;2-1(3,4)5/h5-9H,13H2,1-4H3;(H,2,3,4,5). The van der Waals surface area contributed by atoms with Gasteiger partial charge in [0.1, 0.15) is 5.69 Å². The lowest BCUT2D eigenvalue weighted by molar-refractivity contribution is -2.00. The van der Waals surface area contributed by atoms with E-state index in [0.717, 1.165) is 0 Å². The first-order chi connectivity index (χ1) is 8.04. The van der Waals surface area contributed by atoms with Crippen LogP contribution in [-0.2, 0) is 0 Å². The van der Waals surface area contributed by atoms with E-state index in [1.807, 2.05) is 0 Å². The number of rotatable bonds is 2. The summed E-state index contributed by atoms with van der Waals surface area (Å²) in [6.07, 6.45) is 0. The SMILES string of the molecule is CC(C)c1cccc(C(C)C)c1[NH3+].[O-][Cl+3]([O-])([O-])[O-]. The second kappa shape index (κ2) is 7.04. The van der Waals surface area contributed by atoms with Crippen LogP contribution in [0.1, 0.15) is 50.7 Å². The lowest BCUT2D eigenvalue weighted by Crippen LogP contribution is -2.68. The first kappa shape index (κ1) is 17.3. The van der Waals surface area contributed by atoms with Gasteiger partial charge in [0.2, 0.25) is 0 Å². The molecule has 0 aliphatic heterocycles. The largest absolute Gasteiger partial charge is 0.325 e. The van der Waals surface area contributed by atoms with Crippen LogP contribution in [0.3, 0.4) is 0 Å². The zero-order chi connectivity index (χ0) is 14.5. The third kappa shape index (κ3) is 6.90. The fourth-order valence-electron chi connectivity index (χ4n) is 1.71. The molecule has 0 heterocycles. The molecule has 5 nitrogen and oxygen atoms in total. The van der Waals surface area contributed by atoms with Crippen LogP contribution in [-0.4, -0.2) is 0 Å². The lowest BCUT2D eigenvalue weighted by atomic mass is 9.93. The van der Waals surface area contributed by atoms with Crippen molar-refractivity contribution in [1.29, 1.82) is 0 Å². The maximum Gasteiger partial charge on any atom is 0.134 e. The average molecular weight is 278 g/mol. The summed E-state index contributed by atoms with van der Waals surface area (Å²) in [6, 6.07) is 6.50. The van der Waals surface area contributed by atoms with Gasteiger partial charge < -0.3 is 5.73 Å². The van der Waals surface area contributed by atoms with Crippen molar-refractivity contribution in [2.24, 2.45) is 0 Å². The summed E-state index contributed by atoms with van der Waals surface area (Å²) in [5.74, 6) is 1.15. The second-order valence-corrected chi connectivity index (χ2v) is 5.36. The molecule has 1 aromatic rings. The summed E-state index contributed by atoms with van der Waals surface area (Å²) in [7, 11) is -4.94. The van der Waals surface area contributed by atoms with Gasteiger partial charge >= 0.3 is 0 Å². The Morgan fingerprint density at radius 2 is 1.17 bits per heavy atom. The van der Waals surface area contributed by atoms with E-state index in [2.05, 4.69) is 51.6 Å². The Bertz CT molecular complexity index is 343. The fraction of sp³-hybridized carbons (Fsp3) is 0.500. The molecule has 0 aliphatic rings. The van der Waals surface area contributed by atoms with Crippen LogP contribution < -0.4 is 24.4 Å². The van der Waals surface area contributed by atoms with Crippen molar-refractivity contribution in [3.8, 4) is 0 Å². The van der Waals surface area contributed by atoms with Gasteiger partial charge in [-0.05, 0) is 11.8 Å².